The van der Waals surface area contributed by atoms with Gasteiger partial charge in [-0.15, -0.1) is 0 Å². The summed E-state index contributed by atoms with van der Waals surface area (Å²) in [5.74, 6) is -0.395. The first-order valence-electron chi connectivity index (χ1n) is 6.50. The summed E-state index contributed by atoms with van der Waals surface area (Å²) >= 11 is 0. The highest BCUT2D eigenvalue weighted by molar-refractivity contribution is 5.76. The average Bonchev–Trinajstić information content (AvgIpc) is 2.28. The molecule has 0 spiro atoms. The van der Waals surface area contributed by atoms with E-state index in [0.29, 0.717) is 6.42 Å². The van der Waals surface area contributed by atoms with Crippen molar-refractivity contribution < 1.29 is 18.0 Å². The minimum atomic E-state index is -4.31. The van der Waals surface area contributed by atoms with Gasteiger partial charge < -0.3 is 10.2 Å². The number of rotatable bonds is 5. The summed E-state index contributed by atoms with van der Waals surface area (Å²) in [4.78, 5) is 12.8. The number of carbonyl (C=O) groups is 1. The summed E-state index contributed by atoms with van der Waals surface area (Å²) in [7, 11) is 0. The summed E-state index contributed by atoms with van der Waals surface area (Å²) in [6.45, 7) is 1.66. The van der Waals surface area contributed by atoms with Gasteiger partial charge in [0.05, 0.1) is 0 Å². The minimum absolute atomic E-state index is 0.0406. The van der Waals surface area contributed by atoms with Crippen molar-refractivity contribution in [2.45, 2.75) is 51.2 Å². The first-order chi connectivity index (χ1) is 8.42. The molecule has 0 aliphatic carbocycles. The van der Waals surface area contributed by atoms with E-state index in [1.807, 2.05) is 0 Å². The molecule has 1 unspecified atom stereocenters. The number of nitrogens with one attached hydrogen (secondary N) is 1. The third-order valence-electron chi connectivity index (χ3n) is 3.05. The quantitative estimate of drug-likeness (QED) is 0.828. The van der Waals surface area contributed by atoms with Gasteiger partial charge in [0.15, 0.2) is 0 Å². The van der Waals surface area contributed by atoms with Gasteiger partial charge in [-0.2, -0.15) is 13.2 Å². The van der Waals surface area contributed by atoms with Crippen molar-refractivity contribution in [1.29, 1.82) is 0 Å². The summed E-state index contributed by atoms with van der Waals surface area (Å²) in [6, 6.07) is 0.0406. The Morgan fingerprint density at radius 1 is 1.39 bits per heavy atom. The van der Waals surface area contributed by atoms with Crippen LogP contribution < -0.4 is 5.32 Å². The molecule has 1 fully saturated rings. The fourth-order valence-electron chi connectivity index (χ4n) is 2.22. The molecule has 1 aliphatic heterocycles. The second-order valence-electron chi connectivity index (χ2n) is 4.78. The van der Waals surface area contributed by atoms with E-state index >= 15 is 0 Å². The first kappa shape index (κ1) is 15.3. The second kappa shape index (κ2) is 6.97. The van der Waals surface area contributed by atoms with Crippen LogP contribution in [0.4, 0.5) is 13.2 Å². The highest BCUT2D eigenvalue weighted by Gasteiger charge is 2.33. The van der Waals surface area contributed by atoms with E-state index in [2.05, 4.69) is 5.32 Å². The molecule has 0 aromatic carbocycles. The summed E-state index contributed by atoms with van der Waals surface area (Å²) in [5.41, 5.74) is 0. The summed E-state index contributed by atoms with van der Waals surface area (Å²) in [6.07, 6.45) is -0.609. The zero-order chi connectivity index (χ0) is 13.6. The van der Waals surface area contributed by atoms with Gasteiger partial charge in [-0.3, -0.25) is 4.79 Å². The predicted octanol–water partition coefficient (Wildman–Crippen LogP) is 2.32. The lowest BCUT2D eigenvalue weighted by Crippen LogP contribution is -2.44. The van der Waals surface area contributed by atoms with Crippen LogP contribution in [0.3, 0.4) is 0 Å². The maximum Gasteiger partial charge on any atom is 0.406 e. The Balaban J connectivity index is 2.47. The number of hydrogen-bond acceptors (Lipinski definition) is 2. The molecule has 18 heavy (non-hydrogen) atoms. The molecule has 1 saturated heterocycles. The van der Waals surface area contributed by atoms with Gasteiger partial charge in [-0.25, -0.2) is 0 Å². The van der Waals surface area contributed by atoms with Crippen LogP contribution in [0, 0.1) is 0 Å². The Hall–Kier alpha value is -0.780. The van der Waals surface area contributed by atoms with Gasteiger partial charge in [0.25, 0.3) is 0 Å². The number of nitrogens with zero attached hydrogens (tertiary/aromatic N) is 1. The molecule has 1 aliphatic rings. The van der Waals surface area contributed by atoms with E-state index in [4.69, 9.17) is 0 Å². The van der Waals surface area contributed by atoms with Crippen LogP contribution in [0.5, 0.6) is 0 Å². The van der Waals surface area contributed by atoms with E-state index in [0.717, 1.165) is 30.7 Å². The highest BCUT2D eigenvalue weighted by Crippen LogP contribution is 2.18. The minimum Gasteiger partial charge on any atom is -0.334 e. The van der Waals surface area contributed by atoms with Gasteiger partial charge >= 0.3 is 6.18 Å². The smallest absolute Gasteiger partial charge is 0.334 e. The number of piperidine rings is 1. The van der Waals surface area contributed by atoms with Gasteiger partial charge in [0.1, 0.15) is 6.54 Å². The topological polar surface area (TPSA) is 32.3 Å². The maximum absolute atomic E-state index is 12.4. The zero-order valence-corrected chi connectivity index (χ0v) is 10.7. The molecule has 1 rings (SSSR count). The summed E-state index contributed by atoms with van der Waals surface area (Å²) < 4.78 is 37.1. The molecule has 0 aromatic rings. The predicted molar refractivity (Wildman–Crippen MR) is 63.2 cm³/mol. The number of alkyl halides is 3. The molecule has 1 heterocycles. The van der Waals surface area contributed by atoms with E-state index in [-0.39, 0.29) is 19.0 Å². The van der Waals surface area contributed by atoms with Crippen molar-refractivity contribution >= 4 is 5.91 Å². The lowest BCUT2D eigenvalue weighted by molar-refractivity contribution is -0.161. The van der Waals surface area contributed by atoms with E-state index in [1.54, 1.807) is 6.92 Å². The lowest BCUT2D eigenvalue weighted by atomic mass is 10.0. The average molecular weight is 266 g/mol. The van der Waals surface area contributed by atoms with E-state index in [1.165, 1.54) is 0 Å². The normalized spacial score (nSPS) is 20.8. The number of hydrogen-bond donors (Lipinski definition) is 1. The molecule has 0 bridgehead atoms. The Morgan fingerprint density at radius 2 is 2.11 bits per heavy atom. The molecule has 0 aromatic heterocycles. The Kier molecular flexibility index (Phi) is 5.91. The van der Waals surface area contributed by atoms with E-state index in [9.17, 15) is 18.0 Å². The molecular formula is C12H21F3N2O. The third kappa shape index (κ3) is 5.71. The van der Waals surface area contributed by atoms with Gasteiger partial charge in [-0.05, 0) is 25.8 Å². The number of amides is 1. The summed E-state index contributed by atoms with van der Waals surface area (Å²) in [5, 5.41) is 3.18. The largest absolute Gasteiger partial charge is 0.406 e. The molecular weight excluding hydrogens is 245 g/mol. The van der Waals surface area contributed by atoms with Gasteiger partial charge in [-0.1, -0.05) is 13.3 Å². The van der Waals surface area contributed by atoms with Crippen molar-refractivity contribution in [1.82, 2.24) is 10.2 Å². The SMILES string of the molecule is CCCN(CC(F)(F)F)C(=O)CC1CCCCN1. The molecule has 106 valence electrons. The van der Waals surface area contributed by atoms with Crippen LogP contribution >= 0.6 is 0 Å². The first-order valence-corrected chi connectivity index (χ1v) is 6.50. The van der Waals surface area contributed by atoms with Crippen LogP contribution in [0.25, 0.3) is 0 Å². The van der Waals surface area contributed by atoms with Crippen LogP contribution in [0.15, 0.2) is 0 Å². The van der Waals surface area contributed by atoms with Crippen molar-refractivity contribution in [3.63, 3.8) is 0 Å². The second-order valence-corrected chi connectivity index (χ2v) is 4.78. The van der Waals surface area contributed by atoms with Crippen molar-refractivity contribution in [3.05, 3.63) is 0 Å². The Morgan fingerprint density at radius 3 is 2.61 bits per heavy atom. The van der Waals surface area contributed by atoms with Gasteiger partial charge in [0.2, 0.25) is 5.91 Å². The molecule has 3 nitrogen and oxygen atoms in total. The maximum atomic E-state index is 12.4. The number of carbonyl (C=O) groups excluding carboxylic acids is 1. The molecule has 1 N–H and O–H groups in total. The monoisotopic (exact) mass is 266 g/mol. The van der Waals surface area contributed by atoms with Crippen molar-refractivity contribution in [2.24, 2.45) is 0 Å². The molecule has 1 atom stereocenters. The number of halogens is 3. The fourth-order valence-corrected chi connectivity index (χ4v) is 2.22. The van der Waals surface area contributed by atoms with Crippen LogP contribution in [-0.2, 0) is 4.79 Å². The molecule has 0 saturated carbocycles. The molecule has 0 radical (unpaired) electrons. The van der Waals surface area contributed by atoms with E-state index < -0.39 is 18.6 Å². The van der Waals surface area contributed by atoms with Crippen molar-refractivity contribution in [3.8, 4) is 0 Å². The lowest BCUT2D eigenvalue weighted by Gasteiger charge is -2.28. The third-order valence-corrected chi connectivity index (χ3v) is 3.05. The standard InChI is InChI=1S/C12H21F3N2O/c1-2-7-17(9-12(13,14)15)11(18)8-10-5-3-4-6-16-10/h10,16H,2-9H2,1H3. The fraction of sp³-hybridized carbons (Fsp3) is 0.917. The molecule has 1 amide bonds. The Bertz CT molecular complexity index is 263. The van der Waals surface area contributed by atoms with Gasteiger partial charge in [0, 0.05) is 19.0 Å². The van der Waals surface area contributed by atoms with Crippen molar-refractivity contribution in [2.75, 3.05) is 19.6 Å². The Labute approximate surface area is 106 Å². The van der Waals surface area contributed by atoms with Crippen LogP contribution in [-0.4, -0.2) is 42.7 Å². The zero-order valence-electron chi connectivity index (χ0n) is 10.7. The molecule has 6 heteroatoms. The highest BCUT2D eigenvalue weighted by atomic mass is 19.4. The van der Waals surface area contributed by atoms with Crippen LogP contribution in [0.2, 0.25) is 0 Å². The van der Waals surface area contributed by atoms with Crippen LogP contribution in [0.1, 0.15) is 39.0 Å².